The summed E-state index contributed by atoms with van der Waals surface area (Å²) in [6.07, 6.45) is 0. The van der Waals surface area contributed by atoms with Gasteiger partial charge < -0.3 is 9.88 Å². The zero-order valence-corrected chi connectivity index (χ0v) is 18.5. The standard InChI is InChI=1S/C24H22N4O3S/c1-3-28-20-10-6-4-8-17(20)19-14-16(12-13-21(19)28)26-24(29)15(2)25-23-18-9-5-7-11-22(18)32(30,31)27-23/h4-15H,3H2,1-2H3,(H,25,27)(H,26,29)/t15-/m0/s1. The van der Waals surface area contributed by atoms with E-state index < -0.39 is 16.1 Å². The van der Waals surface area contributed by atoms with Gasteiger partial charge in [-0.15, -0.1) is 0 Å². The largest absolute Gasteiger partial charge is 0.341 e. The van der Waals surface area contributed by atoms with Crippen molar-refractivity contribution in [3.8, 4) is 0 Å². The number of amidine groups is 1. The second-order valence-corrected chi connectivity index (χ2v) is 9.39. The maximum Gasteiger partial charge on any atom is 0.263 e. The van der Waals surface area contributed by atoms with Crippen LogP contribution in [0.4, 0.5) is 5.69 Å². The van der Waals surface area contributed by atoms with E-state index in [-0.39, 0.29) is 16.6 Å². The molecule has 0 spiro atoms. The number of amides is 1. The molecule has 3 aromatic carbocycles. The van der Waals surface area contributed by atoms with Crippen molar-refractivity contribution in [2.24, 2.45) is 4.99 Å². The Hall–Kier alpha value is -3.65. The van der Waals surface area contributed by atoms with Gasteiger partial charge in [0.15, 0.2) is 0 Å². The Bertz CT molecular complexity index is 1520. The van der Waals surface area contributed by atoms with Crippen LogP contribution >= 0.6 is 0 Å². The molecule has 32 heavy (non-hydrogen) atoms. The van der Waals surface area contributed by atoms with Crippen LogP contribution in [0.5, 0.6) is 0 Å². The maximum absolute atomic E-state index is 12.8. The lowest BCUT2D eigenvalue weighted by atomic mass is 10.1. The van der Waals surface area contributed by atoms with E-state index in [0.717, 1.165) is 28.4 Å². The van der Waals surface area contributed by atoms with Gasteiger partial charge in [0.25, 0.3) is 10.0 Å². The first-order valence-corrected chi connectivity index (χ1v) is 11.9. The van der Waals surface area contributed by atoms with Crippen LogP contribution in [0.3, 0.4) is 0 Å². The van der Waals surface area contributed by atoms with Crippen LogP contribution in [0.2, 0.25) is 0 Å². The molecule has 1 aliphatic rings. The van der Waals surface area contributed by atoms with Gasteiger partial charge in [-0.25, -0.2) is 8.42 Å². The molecule has 162 valence electrons. The average molecular weight is 447 g/mol. The topological polar surface area (TPSA) is 92.6 Å². The van der Waals surface area contributed by atoms with Crippen molar-refractivity contribution in [2.45, 2.75) is 31.3 Å². The molecule has 5 rings (SSSR count). The molecule has 4 aromatic rings. The molecule has 8 heteroatoms. The number of sulfonamides is 1. The molecule has 1 amide bonds. The quantitative estimate of drug-likeness (QED) is 0.498. The molecule has 0 saturated carbocycles. The molecule has 2 N–H and O–H groups in total. The lowest BCUT2D eigenvalue weighted by Gasteiger charge is -2.10. The van der Waals surface area contributed by atoms with Gasteiger partial charge in [-0.3, -0.25) is 14.5 Å². The fourth-order valence-electron chi connectivity index (χ4n) is 4.20. The van der Waals surface area contributed by atoms with Crippen molar-refractivity contribution < 1.29 is 13.2 Å². The SMILES string of the molecule is CCn1c2ccccc2c2cc(NC(=O)[C@H](C)N=C3NS(=O)(=O)c4ccccc43)ccc21. The summed E-state index contributed by atoms with van der Waals surface area (Å²) in [6.45, 7) is 4.60. The number of hydrogen-bond donors (Lipinski definition) is 2. The fourth-order valence-corrected chi connectivity index (χ4v) is 5.44. The zero-order chi connectivity index (χ0) is 22.5. The van der Waals surface area contributed by atoms with E-state index >= 15 is 0 Å². The van der Waals surface area contributed by atoms with Gasteiger partial charge in [-0.2, -0.15) is 0 Å². The number of fused-ring (bicyclic) bond motifs is 4. The van der Waals surface area contributed by atoms with Crippen molar-refractivity contribution in [1.29, 1.82) is 0 Å². The first kappa shape index (κ1) is 20.3. The van der Waals surface area contributed by atoms with Crippen LogP contribution in [-0.2, 0) is 21.4 Å². The summed E-state index contributed by atoms with van der Waals surface area (Å²) in [6, 6.07) is 19.8. The number of nitrogens with one attached hydrogen (secondary N) is 2. The summed E-state index contributed by atoms with van der Waals surface area (Å²) in [7, 11) is -3.65. The highest BCUT2D eigenvalue weighted by Crippen LogP contribution is 2.31. The minimum absolute atomic E-state index is 0.170. The van der Waals surface area contributed by atoms with Gasteiger partial charge in [-0.05, 0) is 50.2 Å². The second-order valence-electron chi connectivity index (χ2n) is 7.74. The van der Waals surface area contributed by atoms with Crippen molar-refractivity contribution >= 4 is 49.3 Å². The van der Waals surface area contributed by atoms with E-state index in [9.17, 15) is 13.2 Å². The van der Waals surface area contributed by atoms with Crippen molar-refractivity contribution in [2.75, 3.05) is 5.32 Å². The van der Waals surface area contributed by atoms with Crippen LogP contribution in [0, 0.1) is 0 Å². The molecule has 0 saturated heterocycles. The Morgan fingerprint density at radius 3 is 2.56 bits per heavy atom. The number of carbonyl (C=O) groups excluding carboxylic acids is 1. The Kier molecular flexibility index (Phi) is 4.74. The summed E-state index contributed by atoms with van der Waals surface area (Å²) in [5.74, 6) is -0.135. The summed E-state index contributed by atoms with van der Waals surface area (Å²) in [4.78, 5) is 17.4. The van der Waals surface area contributed by atoms with Crippen molar-refractivity contribution in [3.63, 3.8) is 0 Å². The number of carbonyl (C=O) groups is 1. The molecule has 7 nitrogen and oxygen atoms in total. The van der Waals surface area contributed by atoms with Gasteiger partial charge in [0.05, 0.1) is 4.90 Å². The van der Waals surface area contributed by atoms with Gasteiger partial charge in [0.2, 0.25) is 5.91 Å². The number of aryl methyl sites for hydroxylation is 1. The number of rotatable bonds is 4. The summed E-state index contributed by atoms with van der Waals surface area (Å²) in [5.41, 5.74) is 3.40. The lowest BCUT2D eigenvalue weighted by Crippen LogP contribution is -2.28. The predicted octanol–water partition coefficient (Wildman–Crippen LogP) is 3.88. The van der Waals surface area contributed by atoms with Gasteiger partial charge >= 0.3 is 0 Å². The molecule has 2 heterocycles. The number of anilines is 1. The van der Waals surface area contributed by atoms with Crippen molar-refractivity contribution in [1.82, 2.24) is 9.29 Å². The molecule has 0 unspecified atom stereocenters. The smallest absolute Gasteiger partial charge is 0.263 e. The zero-order valence-electron chi connectivity index (χ0n) is 17.7. The highest BCUT2D eigenvalue weighted by Gasteiger charge is 2.31. The van der Waals surface area contributed by atoms with E-state index in [1.165, 1.54) is 6.07 Å². The third-order valence-electron chi connectivity index (χ3n) is 5.72. The summed E-state index contributed by atoms with van der Waals surface area (Å²) < 4.78 is 29.2. The van der Waals surface area contributed by atoms with Crippen LogP contribution in [0.15, 0.2) is 76.6 Å². The van der Waals surface area contributed by atoms with Gasteiger partial charge in [0, 0.05) is 39.6 Å². The molecule has 0 bridgehead atoms. The lowest BCUT2D eigenvalue weighted by molar-refractivity contribution is -0.117. The van der Waals surface area contributed by atoms with Crippen molar-refractivity contribution in [3.05, 3.63) is 72.3 Å². The summed E-state index contributed by atoms with van der Waals surface area (Å²) in [5, 5.41) is 5.11. The van der Waals surface area contributed by atoms with E-state index in [0.29, 0.717) is 11.3 Å². The van der Waals surface area contributed by atoms with Crippen LogP contribution in [0.1, 0.15) is 19.4 Å². The first-order chi connectivity index (χ1) is 15.4. The third kappa shape index (κ3) is 3.23. The number of nitrogens with zero attached hydrogens (tertiary/aromatic N) is 2. The molecular formula is C24H22N4O3S. The minimum atomic E-state index is -3.65. The predicted molar refractivity (Wildman–Crippen MR) is 127 cm³/mol. The van der Waals surface area contributed by atoms with Crippen LogP contribution < -0.4 is 10.0 Å². The second kappa shape index (κ2) is 7.49. The van der Waals surface area contributed by atoms with E-state index in [1.54, 1.807) is 25.1 Å². The van der Waals surface area contributed by atoms with Gasteiger partial charge in [0.1, 0.15) is 11.9 Å². The molecule has 0 aliphatic carbocycles. The van der Waals surface area contributed by atoms with E-state index in [1.807, 2.05) is 30.3 Å². The Morgan fingerprint density at radius 2 is 1.75 bits per heavy atom. The average Bonchev–Trinajstić information content (AvgIpc) is 3.24. The van der Waals surface area contributed by atoms with E-state index in [2.05, 4.69) is 38.7 Å². The number of benzene rings is 3. The minimum Gasteiger partial charge on any atom is -0.341 e. The van der Waals surface area contributed by atoms with Crippen LogP contribution in [-0.4, -0.2) is 30.8 Å². The molecule has 1 atom stereocenters. The number of aliphatic imine (C=N–C) groups is 1. The maximum atomic E-state index is 12.8. The number of aromatic nitrogens is 1. The Labute approximate surface area is 185 Å². The highest BCUT2D eigenvalue weighted by atomic mass is 32.2. The number of hydrogen-bond acceptors (Lipinski definition) is 4. The van der Waals surface area contributed by atoms with Gasteiger partial charge in [-0.1, -0.05) is 30.3 Å². The molecule has 1 aliphatic heterocycles. The number of para-hydroxylation sites is 1. The fraction of sp³-hybridized carbons (Fsp3) is 0.167. The molecule has 0 radical (unpaired) electrons. The molecule has 1 aromatic heterocycles. The third-order valence-corrected chi connectivity index (χ3v) is 7.12. The van der Waals surface area contributed by atoms with E-state index in [4.69, 9.17) is 0 Å². The first-order valence-electron chi connectivity index (χ1n) is 10.4. The normalized spacial score (nSPS) is 16.8. The summed E-state index contributed by atoms with van der Waals surface area (Å²) >= 11 is 0. The van der Waals surface area contributed by atoms with Crippen LogP contribution in [0.25, 0.3) is 21.8 Å². The molecular weight excluding hydrogens is 424 g/mol. The highest BCUT2D eigenvalue weighted by molar-refractivity contribution is 7.90. The Morgan fingerprint density at radius 1 is 1.03 bits per heavy atom. The monoisotopic (exact) mass is 446 g/mol. The Balaban J connectivity index is 1.44. The molecule has 0 fully saturated rings.